The summed E-state index contributed by atoms with van der Waals surface area (Å²) < 4.78 is 8.01. The Morgan fingerprint density at radius 1 is 1.14 bits per heavy atom. The van der Waals surface area contributed by atoms with Gasteiger partial charge in [-0.25, -0.2) is 9.50 Å². The molecule has 0 radical (unpaired) electrons. The third-order valence-corrected chi connectivity index (χ3v) is 6.96. The number of benzene rings is 1. The predicted molar refractivity (Wildman–Crippen MR) is 137 cm³/mol. The van der Waals surface area contributed by atoms with Gasteiger partial charge in [-0.15, -0.1) is 10.2 Å². The van der Waals surface area contributed by atoms with Crippen molar-refractivity contribution in [1.82, 2.24) is 35.0 Å². The largest absolute Gasteiger partial charge is 0.420 e. The molecular formula is C27H33N7O2. The molecule has 9 heteroatoms. The molecule has 0 aliphatic carbocycles. The minimum absolute atomic E-state index is 0.137. The van der Waals surface area contributed by atoms with Crippen LogP contribution in [-0.2, 0) is 17.6 Å². The number of piperidine rings is 1. The van der Waals surface area contributed by atoms with E-state index in [9.17, 15) is 4.79 Å². The summed E-state index contributed by atoms with van der Waals surface area (Å²) in [6, 6.07) is 10.3. The lowest BCUT2D eigenvalue weighted by Gasteiger charge is -2.30. The Hall–Kier alpha value is -3.59. The van der Waals surface area contributed by atoms with Crippen molar-refractivity contribution in [2.75, 3.05) is 26.7 Å². The van der Waals surface area contributed by atoms with Gasteiger partial charge in [0.1, 0.15) is 0 Å². The van der Waals surface area contributed by atoms with Crippen LogP contribution in [0.2, 0.25) is 0 Å². The van der Waals surface area contributed by atoms with Gasteiger partial charge in [0.05, 0.1) is 12.2 Å². The van der Waals surface area contributed by atoms with E-state index in [2.05, 4.69) is 47.6 Å². The van der Waals surface area contributed by atoms with E-state index < -0.39 is 0 Å². The topological polar surface area (TPSA) is 101 Å². The number of nitrogens with zero attached hydrogens (tertiary/aromatic N) is 6. The molecule has 1 aromatic carbocycles. The average molecular weight is 488 g/mol. The van der Waals surface area contributed by atoms with Crippen molar-refractivity contribution in [2.24, 2.45) is 0 Å². The maximum absolute atomic E-state index is 12.1. The van der Waals surface area contributed by atoms with Crippen LogP contribution in [0.1, 0.15) is 59.8 Å². The van der Waals surface area contributed by atoms with Crippen molar-refractivity contribution in [2.45, 2.75) is 52.4 Å². The molecular weight excluding hydrogens is 454 g/mol. The Labute approximate surface area is 210 Å². The molecule has 0 unspecified atom stereocenters. The first-order valence-electron chi connectivity index (χ1n) is 12.7. The van der Waals surface area contributed by atoms with Crippen molar-refractivity contribution in [3.63, 3.8) is 0 Å². The van der Waals surface area contributed by atoms with Crippen LogP contribution in [0.3, 0.4) is 0 Å². The summed E-state index contributed by atoms with van der Waals surface area (Å²) in [4.78, 5) is 18.8. The van der Waals surface area contributed by atoms with E-state index in [4.69, 9.17) is 14.5 Å². The molecule has 4 aromatic rings. The van der Waals surface area contributed by atoms with E-state index in [-0.39, 0.29) is 11.8 Å². The molecule has 1 aliphatic heterocycles. The molecule has 5 rings (SSSR count). The molecule has 1 amide bonds. The van der Waals surface area contributed by atoms with Crippen molar-refractivity contribution in [3.05, 3.63) is 64.4 Å². The first-order chi connectivity index (χ1) is 17.5. The number of likely N-dealkylation sites (N-methyl/N-ethyl adjacent to an activating group) is 1. The number of amides is 1. The van der Waals surface area contributed by atoms with Gasteiger partial charge in [0.25, 0.3) is 0 Å². The molecule has 9 nitrogen and oxygen atoms in total. The van der Waals surface area contributed by atoms with Crippen molar-refractivity contribution < 1.29 is 9.21 Å². The standard InChI is InChI=1S/C27H33N7O2/c1-5-23-22(25-29-17(2)14-18(3)34(25)32-23)15-19-6-8-20(9-7-19)26-30-31-27(36-26)21-10-12-33(13-11-21)24(35)16-28-4/h6-9,14,21,28H,5,10-13,15-16H2,1-4H3. The second kappa shape index (κ2) is 10.2. The fourth-order valence-electron chi connectivity index (χ4n) is 5.00. The number of hydrogen-bond donors (Lipinski definition) is 1. The normalized spacial score (nSPS) is 14.6. The molecule has 1 N–H and O–H groups in total. The van der Waals surface area contributed by atoms with Gasteiger partial charge in [-0.3, -0.25) is 4.79 Å². The van der Waals surface area contributed by atoms with Crippen LogP contribution in [0.25, 0.3) is 17.1 Å². The minimum Gasteiger partial charge on any atom is -0.420 e. The molecule has 0 atom stereocenters. The van der Waals surface area contributed by atoms with Gasteiger partial charge in [-0.05, 0) is 63.9 Å². The Kier molecular flexibility index (Phi) is 6.82. The van der Waals surface area contributed by atoms with Crippen molar-refractivity contribution in [1.29, 1.82) is 0 Å². The first-order valence-corrected chi connectivity index (χ1v) is 12.7. The van der Waals surface area contributed by atoms with E-state index in [1.165, 1.54) is 11.1 Å². The van der Waals surface area contributed by atoms with Crippen LogP contribution < -0.4 is 5.32 Å². The summed E-state index contributed by atoms with van der Waals surface area (Å²) in [5.74, 6) is 1.51. The zero-order chi connectivity index (χ0) is 25.2. The number of aromatic nitrogens is 5. The number of carbonyl (C=O) groups excluding carboxylic acids is 1. The number of rotatable bonds is 7. The highest BCUT2D eigenvalue weighted by atomic mass is 16.4. The average Bonchev–Trinajstić information content (AvgIpc) is 3.51. The fraction of sp³-hybridized carbons (Fsp3) is 0.444. The molecule has 0 spiro atoms. The number of nitrogens with one attached hydrogen (secondary N) is 1. The Bertz CT molecular complexity index is 1370. The predicted octanol–water partition coefficient (Wildman–Crippen LogP) is 3.47. The van der Waals surface area contributed by atoms with Crippen molar-refractivity contribution in [3.8, 4) is 11.5 Å². The summed E-state index contributed by atoms with van der Waals surface area (Å²) in [5, 5.41) is 16.4. The summed E-state index contributed by atoms with van der Waals surface area (Å²) in [7, 11) is 1.79. The quantitative estimate of drug-likeness (QED) is 0.426. The van der Waals surface area contributed by atoms with Crippen LogP contribution in [-0.4, -0.2) is 62.3 Å². The van der Waals surface area contributed by atoms with Crippen molar-refractivity contribution >= 4 is 11.6 Å². The number of hydrogen-bond acceptors (Lipinski definition) is 7. The van der Waals surface area contributed by atoms with E-state index >= 15 is 0 Å². The smallest absolute Gasteiger partial charge is 0.247 e. The zero-order valence-electron chi connectivity index (χ0n) is 21.4. The minimum atomic E-state index is 0.137. The summed E-state index contributed by atoms with van der Waals surface area (Å²) in [6.07, 6.45) is 3.30. The van der Waals surface area contributed by atoms with Crippen LogP contribution in [0.5, 0.6) is 0 Å². The molecule has 1 saturated heterocycles. The SMILES string of the molecule is CCc1nn2c(C)cc(C)nc2c1Cc1ccc(-c2nnc(C3CCN(C(=O)CNC)CC3)o2)cc1. The highest BCUT2D eigenvalue weighted by Gasteiger charge is 2.27. The highest BCUT2D eigenvalue weighted by Crippen LogP contribution is 2.30. The third-order valence-electron chi connectivity index (χ3n) is 6.96. The lowest BCUT2D eigenvalue weighted by Crippen LogP contribution is -2.41. The van der Waals surface area contributed by atoms with E-state index in [0.717, 1.165) is 67.1 Å². The second-order valence-corrected chi connectivity index (χ2v) is 9.56. The van der Waals surface area contributed by atoms with Crippen LogP contribution in [0, 0.1) is 13.8 Å². The highest BCUT2D eigenvalue weighted by molar-refractivity contribution is 5.78. The zero-order valence-corrected chi connectivity index (χ0v) is 21.4. The number of fused-ring (bicyclic) bond motifs is 1. The van der Waals surface area contributed by atoms with E-state index in [1.54, 1.807) is 7.05 Å². The van der Waals surface area contributed by atoms with Gasteiger partial charge in [0.15, 0.2) is 5.65 Å². The summed E-state index contributed by atoms with van der Waals surface area (Å²) in [5.41, 5.74) is 7.38. The Morgan fingerprint density at radius 3 is 2.58 bits per heavy atom. The van der Waals surface area contributed by atoms with Crippen LogP contribution in [0.15, 0.2) is 34.7 Å². The maximum Gasteiger partial charge on any atom is 0.247 e. The van der Waals surface area contributed by atoms with Crippen LogP contribution >= 0.6 is 0 Å². The van der Waals surface area contributed by atoms with Gasteiger partial charge in [0.2, 0.25) is 17.7 Å². The van der Waals surface area contributed by atoms with E-state index in [1.807, 2.05) is 28.5 Å². The summed E-state index contributed by atoms with van der Waals surface area (Å²) in [6.45, 7) is 8.03. The van der Waals surface area contributed by atoms with Gasteiger partial charge >= 0.3 is 0 Å². The summed E-state index contributed by atoms with van der Waals surface area (Å²) >= 11 is 0. The maximum atomic E-state index is 12.1. The first kappa shape index (κ1) is 24.1. The lowest BCUT2D eigenvalue weighted by atomic mass is 9.97. The molecule has 36 heavy (non-hydrogen) atoms. The number of likely N-dealkylation sites (tertiary alicyclic amines) is 1. The molecule has 0 bridgehead atoms. The second-order valence-electron chi connectivity index (χ2n) is 9.56. The molecule has 3 aromatic heterocycles. The molecule has 0 saturated carbocycles. The molecule has 188 valence electrons. The number of carbonyl (C=O) groups is 1. The number of aryl methyl sites for hydroxylation is 3. The molecule has 4 heterocycles. The Balaban J connectivity index is 1.29. The van der Waals surface area contributed by atoms with Gasteiger partial charge < -0.3 is 14.6 Å². The van der Waals surface area contributed by atoms with Gasteiger partial charge in [-0.1, -0.05) is 19.1 Å². The van der Waals surface area contributed by atoms with Gasteiger partial charge in [-0.2, -0.15) is 5.10 Å². The molecule has 1 fully saturated rings. The fourth-order valence-corrected chi connectivity index (χ4v) is 5.00. The monoisotopic (exact) mass is 487 g/mol. The van der Waals surface area contributed by atoms with Crippen LogP contribution in [0.4, 0.5) is 0 Å². The Morgan fingerprint density at radius 2 is 1.89 bits per heavy atom. The molecule has 1 aliphatic rings. The lowest BCUT2D eigenvalue weighted by molar-refractivity contribution is -0.131. The van der Waals surface area contributed by atoms with Gasteiger partial charge in [0, 0.05) is 47.9 Å². The van der Waals surface area contributed by atoms with E-state index in [0.29, 0.717) is 18.3 Å². The third kappa shape index (κ3) is 4.75.